The Morgan fingerprint density at radius 3 is 2.41 bits per heavy atom. The van der Waals surface area contributed by atoms with Gasteiger partial charge in [-0.15, -0.1) is 6.42 Å². The van der Waals surface area contributed by atoms with Crippen molar-refractivity contribution >= 4 is 5.91 Å². The summed E-state index contributed by atoms with van der Waals surface area (Å²) in [5.74, 6) is 3.19. The number of nitrogens with zero attached hydrogens (tertiary/aromatic N) is 1. The Labute approximate surface area is 104 Å². The van der Waals surface area contributed by atoms with Gasteiger partial charge in [-0.3, -0.25) is 4.79 Å². The highest BCUT2D eigenvalue weighted by Gasteiger charge is 2.11. The zero-order chi connectivity index (χ0) is 12.8. The van der Waals surface area contributed by atoms with Gasteiger partial charge in [0.25, 0.3) is 5.91 Å². The normalized spacial score (nSPS) is 10.1. The zero-order valence-electron chi connectivity index (χ0n) is 10.7. The van der Waals surface area contributed by atoms with Crippen LogP contribution in [0.5, 0.6) is 0 Å². The van der Waals surface area contributed by atoms with Crippen LogP contribution in [0, 0.1) is 18.3 Å². The lowest BCUT2D eigenvalue weighted by Gasteiger charge is -2.18. The Hall–Kier alpha value is -1.75. The molecule has 17 heavy (non-hydrogen) atoms. The van der Waals surface area contributed by atoms with E-state index in [4.69, 9.17) is 6.42 Å². The van der Waals surface area contributed by atoms with Crippen molar-refractivity contribution in [2.45, 2.75) is 20.3 Å². The third kappa shape index (κ3) is 3.96. The van der Waals surface area contributed by atoms with Crippen LogP contribution in [0.4, 0.5) is 0 Å². The molecule has 0 aromatic heterocycles. The van der Waals surface area contributed by atoms with E-state index in [1.54, 1.807) is 29.2 Å². The van der Waals surface area contributed by atoms with E-state index in [-0.39, 0.29) is 5.91 Å². The number of benzene rings is 1. The molecule has 0 heterocycles. The van der Waals surface area contributed by atoms with Gasteiger partial charge < -0.3 is 4.90 Å². The first-order chi connectivity index (χ1) is 8.04. The predicted octanol–water partition coefficient (Wildman–Crippen LogP) is 2.79. The van der Waals surface area contributed by atoms with Gasteiger partial charge in [-0.05, 0) is 36.6 Å². The Bertz CT molecular complexity index is 412. The van der Waals surface area contributed by atoms with E-state index < -0.39 is 0 Å². The molecule has 0 fully saturated rings. The van der Waals surface area contributed by atoms with Gasteiger partial charge in [-0.1, -0.05) is 19.8 Å². The van der Waals surface area contributed by atoms with Crippen molar-refractivity contribution < 1.29 is 4.79 Å². The fraction of sp³-hybridized carbons (Fsp3) is 0.400. The van der Waals surface area contributed by atoms with E-state index in [2.05, 4.69) is 19.8 Å². The molecule has 0 unspecified atom stereocenters. The van der Waals surface area contributed by atoms with Crippen molar-refractivity contribution in [3.63, 3.8) is 0 Å². The lowest BCUT2D eigenvalue weighted by Crippen LogP contribution is -2.28. The third-order valence-corrected chi connectivity index (χ3v) is 2.69. The van der Waals surface area contributed by atoms with Gasteiger partial charge in [0.1, 0.15) is 0 Å². The Morgan fingerprint density at radius 2 is 1.94 bits per heavy atom. The van der Waals surface area contributed by atoms with Crippen molar-refractivity contribution in [2.24, 2.45) is 5.92 Å². The average molecular weight is 229 g/mol. The van der Waals surface area contributed by atoms with Crippen LogP contribution in [0.25, 0.3) is 0 Å². The number of carbonyl (C=O) groups is 1. The number of rotatable bonds is 4. The maximum Gasteiger partial charge on any atom is 0.253 e. The summed E-state index contributed by atoms with van der Waals surface area (Å²) in [6.45, 7) is 5.09. The van der Waals surface area contributed by atoms with Crippen LogP contribution < -0.4 is 0 Å². The van der Waals surface area contributed by atoms with Gasteiger partial charge in [0.2, 0.25) is 0 Å². The van der Waals surface area contributed by atoms with Crippen LogP contribution >= 0.6 is 0 Å². The van der Waals surface area contributed by atoms with Crippen LogP contribution in [-0.2, 0) is 0 Å². The van der Waals surface area contributed by atoms with Crippen molar-refractivity contribution in [3.8, 4) is 12.3 Å². The summed E-state index contributed by atoms with van der Waals surface area (Å²) in [6.07, 6.45) is 6.29. The second-order valence-electron chi connectivity index (χ2n) is 4.63. The van der Waals surface area contributed by atoms with Crippen molar-refractivity contribution in [2.75, 3.05) is 13.6 Å². The van der Waals surface area contributed by atoms with E-state index in [9.17, 15) is 4.79 Å². The SMILES string of the molecule is C#Cc1ccc(C(=O)N(C)CCC(C)C)cc1. The smallest absolute Gasteiger partial charge is 0.253 e. The molecule has 0 spiro atoms. The highest BCUT2D eigenvalue weighted by molar-refractivity contribution is 5.94. The molecule has 0 saturated carbocycles. The summed E-state index contributed by atoms with van der Waals surface area (Å²) in [5.41, 5.74) is 1.49. The fourth-order valence-electron chi connectivity index (χ4n) is 1.48. The molecule has 0 saturated heterocycles. The van der Waals surface area contributed by atoms with Crippen molar-refractivity contribution in [3.05, 3.63) is 35.4 Å². The molecule has 90 valence electrons. The minimum absolute atomic E-state index is 0.0502. The number of carbonyl (C=O) groups excluding carboxylic acids is 1. The van der Waals surface area contributed by atoms with Gasteiger partial charge in [0, 0.05) is 24.7 Å². The summed E-state index contributed by atoms with van der Waals surface area (Å²) in [7, 11) is 1.83. The summed E-state index contributed by atoms with van der Waals surface area (Å²) in [5, 5.41) is 0. The largest absolute Gasteiger partial charge is 0.342 e. The molecule has 0 aliphatic heterocycles. The van der Waals surface area contributed by atoms with Crippen LogP contribution in [0.1, 0.15) is 36.2 Å². The first-order valence-electron chi connectivity index (χ1n) is 5.86. The summed E-state index contributed by atoms with van der Waals surface area (Å²) >= 11 is 0. The van der Waals surface area contributed by atoms with E-state index in [1.807, 2.05) is 7.05 Å². The maximum absolute atomic E-state index is 12.0. The number of hydrogen-bond acceptors (Lipinski definition) is 1. The summed E-state index contributed by atoms with van der Waals surface area (Å²) < 4.78 is 0. The maximum atomic E-state index is 12.0. The molecule has 0 aliphatic carbocycles. The zero-order valence-corrected chi connectivity index (χ0v) is 10.7. The minimum atomic E-state index is 0.0502. The van der Waals surface area contributed by atoms with E-state index in [0.717, 1.165) is 18.5 Å². The molecule has 1 aromatic rings. The first kappa shape index (κ1) is 13.3. The topological polar surface area (TPSA) is 20.3 Å². The number of terminal acetylenes is 1. The first-order valence-corrected chi connectivity index (χ1v) is 5.86. The average Bonchev–Trinajstić information content (AvgIpc) is 2.35. The highest BCUT2D eigenvalue weighted by Crippen LogP contribution is 2.08. The molecule has 1 amide bonds. The molecule has 0 bridgehead atoms. The Kier molecular flexibility index (Phi) is 4.78. The van der Waals surface area contributed by atoms with Crippen LogP contribution in [0.2, 0.25) is 0 Å². The summed E-state index contributed by atoms with van der Waals surface area (Å²) in [4.78, 5) is 13.8. The molecular weight excluding hydrogens is 210 g/mol. The van der Waals surface area contributed by atoms with Crippen LogP contribution in [0.3, 0.4) is 0 Å². The summed E-state index contributed by atoms with van der Waals surface area (Å²) in [6, 6.07) is 7.15. The molecule has 0 aliphatic rings. The van der Waals surface area contributed by atoms with Gasteiger partial charge in [-0.2, -0.15) is 0 Å². The fourth-order valence-corrected chi connectivity index (χ4v) is 1.48. The number of hydrogen-bond donors (Lipinski definition) is 0. The standard InChI is InChI=1S/C15H19NO/c1-5-13-6-8-14(9-7-13)15(17)16(4)11-10-12(2)3/h1,6-9,12H,10-11H2,2-4H3. The highest BCUT2D eigenvalue weighted by atomic mass is 16.2. The second-order valence-corrected chi connectivity index (χ2v) is 4.63. The molecule has 2 nitrogen and oxygen atoms in total. The van der Waals surface area contributed by atoms with E-state index >= 15 is 0 Å². The number of amides is 1. The molecule has 2 heteroatoms. The minimum Gasteiger partial charge on any atom is -0.342 e. The monoisotopic (exact) mass is 229 g/mol. The Morgan fingerprint density at radius 1 is 1.35 bits per heavy atom. The van der Waals surface area contributed by atoms with Crippen molar-refractivity contribution in [1.29, 1.82) is 0 Å². The predicted molar refractivity (Wildman–Crippen MR) is 70.8 cm³/mol. The van der Waals surface area contributed by atoms with Gasteiger partial charge >= 0.3 is 0 Å². The molecule has 1 rings (SSSR count). The Balaban J connectivity index is 2.65. The van der Waals surface area contributed by atoms with Crippen LogP contribution in [-0.4, -0.2) is 24.4 Å². The van der Waals surface area contributed by atoms with Gasteiger partial charge in [0.05, 0.1) is 0 Å². The quantitative estimate of drug-likeness (QED) is 0.727. The molecule has 0 atom stereocenters. The van der Waals surface area contributed by atoms with E-state index in [1.165, 1.54) is 0 Å². The second kappa shape index (κ2) is 6.10. The molecule has 0 radical (unpaired) electrons. The molecule has 1 aromatic carbocycles. The van der Waals surface area contributed by atoms with Crippen LogP contribution in [0.15, 0.2) is 24.3 Å². The van der Waals surface area contributed by atoms with Crippen molar-refractivity contribution in [1.82, 2.24) is 4.90 Å². The lowest BCUT2D eigenvalue weighted by atomic mass is 10.1. The third-order valence-electron chi connectivity index (χ3n) is 2.69. The van der Waals surface area contributed by atoms with Gasteiger partial charge in [0.15, 0.2) is 0 Å². The van der Waals surface area contributed by atoms with Gasteiger partial charge in [-0.25, -0.2) is 0 Å². The lowest BCUT2D eigenvalue weighted by molar-refractivity contribution is 0.0789. The van der Waals surface area contributed by atoms with E-state index in [0.29, 0.717) is 11.5 Å². The molecular formula is C15H19NO. The molecule has 0 N–H and O–H groups in total.